The summed E-state index contributed by atoms with van der Waals surface area (Å²) < 4.78 is 6.00. The van der Waals surface area contributed by atoms with Crippen molar-refractivity contribution in [2.45, 2.75) is 57.7 Å². The zero-order valence-electron chi connectivity index (χ0n) is 14.9. The second-order valence-electron chi connectivity index (χ2n) is 7.71. The molecule has 1 amide bonds. The van der Waals surface area contributed by atoms with Crippen LogP contribution in [0.4, 0.5) is 0 Å². The fraction of sp³-hybridized carbons (Fsp3) is 0.722. The molecule has 0 bridgehead atoms. The zero-order chi connectivity index (χ0) is 17.6. The molecule has 0 unspecified atom stereocenters. The largest absolute Gasteiger partial charge is 0.375 e. The Balaban J connectivity index is 1.34. The SMILES string of the molecule is Cc1nc(C)c(CC(=O)N[C@@H]2C[C@H]3CO[C@@H](C4CC4)CN3C2)c(=O)[nH]1. The van der Waals surface area contributed by atoms with E-state index in [0.717, 1.165) is 32.0 Å². The monoisotopic (exact) mass is 346 g/mol. The zero-order valence-corrected chi connectivity index (χ0v) is 14.9. The second-order valence-corrected chi connectivity index (χ2v) is 7.71. The van der Waals surface area contributed by atoms with E-state index in [2.05, 4.69) is 20.2 Å². The summed E-state index contributed by atoms with van der Waals surface area (Å²) in [6.07, 6.45) is 3.97. The Kier molecular flexibility index (Phi) is 4.37. The number of fused-ring (bicyclic) bond motifs is 1. The van der Waals surface area contributed by atoms with Crippen LogP contribution in [0, 0.1) is 19.8 Å². The summed E-state index contributed by atoms with van der Waals surface area (Å²) in [5.74, 6) is 1.21. The lowest BCUT2D eigenvalue weighted by Crippen LogP contribution is -2.47. The Morgan fingerprint density at radius 3 is 2.88 bits per heavy atom. The van der Waals surface area contributed by atoms with Crippen LogP contribution in [-0.4, -0.2) is 58.7 Å². The molecule has 1 aromatic rings. The minimum Gasteiger partial charge on any atom is -0.375 e. The third-order valence-corrected chi connectivity index (χ3v) is 5.64. The standard InChI is InChI=1S/C18H26N4O3/c1-10-15(18(24)20-11(2)19-10)6-17(23)21-13-5-14-9-25-16(12-3-4-12)8-22(14)7-13/h12-14,16H,3-9H2,1-2H3,(H,21,23)(H,19,20,24)/t13-,14+,16-/m1/s1. The number of nitrogens with one attached hydrogen (secondary N) is 2. The minimum atomic E-state index is -0.218. The number of ether oxygens (including phenoxy) is 1. The van der Waals surface area contributed by atoms with Gasteiger partial charge in [-0.15, -0.1) is 0 Å². The topological polar surface area (TPSA) is 87.3 Å². The lowest BCUT2D eigenvalue weighted by Gasteiger charge is -2.35. The molecule has 7 heteroatoms. The normalized spacial score (nSPS) is 29.4. The number of hydrogen-bond acceptors (Lipinski definition) is 5. The molecule has 2 aliphatic heterocycles. The third-order valence-electron chi connectivity index (χ3n) is 5.64. The van der Waals surface area contributed by atoms with Crippen molar-refractivity contribution in [3.63, 3.8) is 0 Å². The van der Waals surface area contributed by atoms with Crippen LogP contribution in [0.25, 0.3) is 0 Å². The molecule has 3 fully saturated rings. The molecule has 3 heterocycles. The van der Waals surface area contributed by atoms with Crippen molar-refractivity contribution in [2.24, 2.45) is 5.92 Å². The van der Waals surface area contributed by atoms with Crippen molar-refractivity contribution in [3.8, 4) is 0 Å². The summed E-state index contributed by atoms with van der Waals surface area (Å²) >= 11 is 0. The number of nitrogens with zero attached hydrogens (tertiary/aromatic N) is 2. The van der Waals surface area contributed by atoms with Gasteiger partial charge >= 0.3 is 0 Å². The summed E-state index contributed by atoms with van der Waals surface area (Å²) in [4.78, 5) is 33.8. The summed E-state index contributed by atoms with van der Waals surface area (Å²) in [5.41, 5.74) is 0.863. The number of aromatic amines is 1. The summed E-state index contributed by atoms with van der Waals surface area (Å²) in [7, 11) is 0. The van der Waals surface area contributed by atoms with E-state index in [1.165, 1.54) is 12.8 Å². The first-order chi connectivity index (χ1) is 12.0. The summed E-state index contributed by atoms with van der Waals surface area (Å²) in [6, 6.07) is 0.545. The van der Waals surface area contributed by atoms with Crippen molar-refractivity contribution < 1.29 is 9.53 Å². The minimum absolute atomic E-state index is 0.0802. The van der Waals surface area contributed by atoms with Gasteiger partial charge in [0.05, 0.1) is 19.1 Å². The molecular formula is C18H26N4O3. The maximum Gasteiger partial charge on any atom is 0.254 e. The van der Waals surface area contributed by atoms with E-state index in [-0.39, 0.29) is 23.9 Å². The highest BCUT2D eigenvalue weighted by molar-refractivity contribution is 5.79. The van der Waals surface area contributed by atoms with Gasteiger partial charge in [0, 0.05) is 36.4 Å². The molecule has 2 saturated heterocycles. The van der Waals surface area contributed by atoms with Crippen molar-refractivity contribution in [3.05, 3.63) is 27.4 Å². The quantitative estimate of drug-likeness (QED) is 0.819. The van der Waals surface area contributed by atoms with Crippen LogP contribution in [0.15, 0.2) is 4.79 Å². The number of amides is 1. The number of aryl methyl sites for hydroxylation is 2. The van der Waals surface area contributed by atoms with Crippen LogP contribution in [0.5, 0.6) is 0 Å². The first-order valence-corrected chi connectivity index (χ1v) is 9.21. The molecule has 1 saturated carbocycles. The van der Waals surface area contributed by atoms with E-state index in [4.69, 9.17) is 4.74 Å². The molecule has 3 atom stereocenters. The van der Waals surface area contributed by atoms with Crippen LogP contribution in [0.1, 0.15) is 36.3 Å². The van der Waals surface area contributed by atoms with Gasteiger partial charge in [0.2, 0.25) is 5.91 Å². The van der Waals surface area contributed by atoms with Gasteiger partial charge in [0.1, 0.15) is 5.82 Å². The van der Waals surface area contributed by atoms with E-state index in [1.807, 2.05) is 0 Å². The average Bonchev–Trinajstić information content (AvgIpc) is 3.31. The van der Waals surface area contributed by atoms with E-state index in [9.17, 15) is 9.59 Å². The van der Waals surface area contributed by atoms with Crippen LogP contribution < -0.4 is 10.9 Å². The molecule has 136 valence electrons. The summed E-state index contributed by atoms with van der Waals surface area (Å²) in [5, 5.41) is 3.10. The molecule has 0 radical (unpaired) electrons. The van der Waals surface area contributed by atoms with Gasteiger partial charge < -0.3 is 15.0 Å². The Labute approximate surface area is 147 Å². The predicted molar refractivity (Wildman–Crippen MR) is 92.4 cm³/mol. The van der Waals surface area contributed by atoms with Gasteiger partial charge in [-0.2, -0.15) is 0 Å². The van der Waals surface area contributed by atoms with E-state index in [0.29, 0.717) is 29.2 Å². The molecular weight excluding hydrogens is 320 g/mol. The Hall–Kier alpha value is -1.73. The van der Waals surface area contributed by atoms with Gasteiger partial charge in [-0.25, -0.2) is 4.98 Å². The highest BCUT2D eigenvalue weighted by Gasteiger charge is 2.42. The van der Waals surface area contributed by atoms with Crippen molar-refractivity contribution in [1.29, 1.82) is 0 Å². The maximum absolute atomic E-state index is 12.4. The van der Waals surface area contributed by atoms with Crippen LogP contribution in [-0.2, 0) is 16.0 Å². The first kappa shape index (κ1) is 16.7. The maximum atomic E-state index is 12.4. The number of aromatic nitrogens is 2. The predicted octanol–water partition coefficient (Wildman–Crippen LogP) is 0.297. The smallest absolute Gasteiger partial charge is 0.254 e. The molecule has 1 aliphatic carbocycles. The number of rotatable bonds is 4. The third kappa shape index (κ3) is 3.62. The first-order valence-electron chi connectivity index (χ1n) is 9.21. The molecule has 4 rings (SSSR count). The lowest BCUT2D eigenvalue weighted by molar-refractivity contribution is -0.121. The van der Waals surface area contributed by atoms with Gasteiger partial charge in [0.15, 0.2) is 0 Å². The van der Waals surface area contributed by atoms with Gasteiger partial charge in [-0.1, -0.05) is 0 Å². The number of morpholine rings is 1. The van der Waals surface area contributed by atoms with Crippen molar-refractivity contribution in [2.75, 3.05) is 19.7 Å². The highest BCUT2D eigenvalue weighted by Crippen LogP contribution is 2.37. The fourth-order valence-corrected chi connectivity index (χ4v) is 4.16. The average molecular weight is 346 g/mol. The van der Waals surface area contributed by atoms with Crippen molar-refractivity contribution in [1.82, 2.24) is 20.2 Å². The van der Waals surface area contributed by atoms with Crippen LogP contribution >= 0.6 is 0 Å². The van der Waals surface area contributed by atoms with Gasteiger partial charge in [-0.3, -0.25) is 14.5 Å². The lowest BCUT2D eigenvalue weighted by atomic mass is 10.1. The van der Waals surface area contributed by atoms with E-state index < -0.39 is 0 Å². The molecule has 7 nitrogen and oxygen atoms in total. The number of H-pyrrole nitrogens is 1. The highest BCUT2D eigenvalue weighted by atomic mass is 16.5. The second kappa shape index (κ2) is 6.53. The van der Waals surface area contributed by atoms with Crippen LogP contribution in [0.2, 0.25) is 0 Å². The van der Waals surface area contributed by atoms with Crippen molar-refractivity contribution >= 4 is 5.91 Å². The molecule has 2 N–H and O–H groups in total. The number of hydrogen-bond donors (Lipinski definition) is 2. The van der Waals surface area contributed by atoms with E-state index in [1.54, 1.807) is 13.8 Å². The molecule has 3 aliphatic rings. The summed E-state index contributed by atoms with van der Waals surface area (Å²) in [6.45, 7) is 6.15. The number of carbonyl (C=O) groups is 1. The van der Waals surface area contributed by atoms with E-state index >= 15 is 0 Å². The Morgan fingerprint density at radius 1 is 1.36 bits per heavy atom. The van der Waals surface area contributed by atoms with Gasteiger partial charge in [0.25, 0.3) is 5.56 Å². The molecule has 0 spiro atoms. The molecule has 25 heavy (non-hydrogen) atoms. The fourth-order valence-electron chi connectivity index (χ4n) is 4.16. The molecule has 1 aromatic heterocycles. The number of carbonyl (C=O) groups excluding carboxylic acids is 1. The molecule has 0 aromatic carbocycles. The Bertz CT molecular complexity index is 728. The van der Waals surface area contributed by atoms with Crippen LogP contribution in [0.3, 0.4) is 0 Å². The van der Waals surface area contributed by atoms with Gasteiger partial charge in [-0.05, 0) is 39.0 Å². The Morgan fingerprint density at radius 2 is 2.16 bits per heavy atom.